The van der Waals surface area contributed by atoms with Crippen LogP contribution >= 0.6 is 0 Å². The second-order valence-electron chi connectivity index (χ2n) is 6.31. The number of nitrogens with two attached hydrogens (primary N) is 1. The molecule has 3 unspecified atom stereocenters. The Morgan fingerprint density at radius 1 is 1.39 bits per heavy atom. The Morgan fingerprint density at radius 3 is 2.91 bits per heavy atom. The van der Waals surface area contributed by atoms with Gasteiger partial charge in [-0.1, -0.05) is 0 Å². The largest absolute Gasteiger partial charge is 0.376 e. The van der Waals surface area contributed by atoms with Crippen molar-refractivity contribution in [1.29, 1.82) is 0 Å². The fraction of sp³-hybridized carbons (Fsp3) is 0.875. The number of piperidine rings is 1. The third-order valence-corrected chi connectivity index (χ3v) is 4.45. The summed E-state index contributed by atoms with van der Waals surface area (Å²) in [6.45, 7) is 5.06. The highest BCUT2D eigenvalue weighted by atomic mass is 16.5. The van der Waals surface area contributed by atoms with E-state index in [4.69, 9.17) is 15.2 Å². The molecule has 2 aliphatic rings. The number of amides is 2. The Kier molecular flexibility index (Phi) is 7.26. The average molecular weight is 327 g/mol. The molecule has 0 aromatic carbocycles. The maximum atomic E-state index is 12.5. The van der Waals surface area contributed by atoms with Crippen molar-refractivity contribution in [2.45, 2.75) is 44.8 Å². The second-order valence-corrected chi connectivity index (χ2v) is 6.31. The molecule has 132 valence electrons. The van der Waals surface area contributed by atoms with Crippen molar-refractivity contribution < 1.29 is 19.1 Å². The lowest BCUT2D eigenvalue weighted by Crippen LogP contribution is -2.49. The van der Waals surface area contributed by atoms with E-state index in [0.717, 1.165) is 32.3 Å². The topological polar surface area (TPSA) is 93.9 Å². The third-order valence-electron chi connectivity index (χ3n) is 4.45. The molecule has 0 spiro atoms. The van der Waals surface area contributed by atoms with Crippen LogP contribution in [-0.2, 0) is 19.1 Å². The molecule has 3 N–H and O–H groups in total. The van der Waals surface area contributed by atoms with Crippen LogP contribution in [0.5, 0.6) is 0 Å². The van der Waals surface area contributed by atoms with Crippen molar-refractivity contribution in [3.63, 3.8) is 0 Å². The Hall–Kier alpha value is -1.18. The SMILES string of the molecule is CC(OCC1CCCO1)C(=O)N1CCCC(C(=O)NCCN)C1. The molecule has 2 saturated heterocycles. The molecule has 0 aliphatic carbocycles. The normalized spacial score (nSPS) is 26.1. The predicted molar refractivity (Wildman–Crippen MR) is 85.8 cm³/mol. The van der Waals surface area contributed by atoms with Crippen LogP contribution < -0.4 is 11.1 Å². The van der Waals surface area contributed by atoms with E-state index < -0.39 is 6.10 Å². The number of ether oxygens (including phenoxy) is 2. The summed E-state index contributed by atoms with van der Waals surface area (Å²) in [5, 5.41) is 2.80. The van der Waals surface area contributed by atoms with Crippen LogP contribution in [0.4, 0.5) is 0 Å². The zero-order valence-electron chi connectivity index (χ0n) is 14.0. The monoisotopic (exact) mass is 327 g/mol. The molecular formula is C16H29N3O4. The maximum Gasteiger partial charge on any atom is 0.251 e. The lowest BCUT2D eigenvalue weighted by molar-refractivity contribution is -0.147. The Balaban J connectivity index is 1.77. The van der Waals surface area contributed by atoms with Crippen LogP contribution in [-0.4, -0.2) is 68.3 Å². The Bertz CT molecular complexity index is 399. The van der Waals surface area contributed by atoms with Crippen molar-refractivity contribution in [2.24, 2.45) is 11.7 Å². The molecule has 2 fully saturated rings. The van der Waals surface area contributed by atoms with Gasteiger partial charge in [0.05, 0.1) is 18.6 Å². The molecule has 2 rings (SSSR count). The summed E-state index contributed by atoms with van der Waals surface area (Å²) in [6.07, 6.45) is 3.32. The number of nitrogens with zero attached hydrogens (tertiary/aromatic N) is 1. The van der Waals surface area contributed by atoms with E-state index in [2.05, 4.69) is 5.32 Å². The van der Waals surface area contributed by atoms with Crippen LogP contribution in [0.3, 0.4) is 0 Å². The molecule has 0 radical (unpaired) electrons. The van der Waals surface area contributed by atoms with Gasteiger partial charge >= 0.3 is 0 Å². The zero-order chi connectivity index (χ0) is 16.7. The number of carbonyl (C=O) groups is 2. The van der Waals surface area contributed by atoms with Crippen LogP contribution in [0.15, 0.2) is 0 Å². The van der Waals surface area contributed by atoms with E-state index in [1.54, 1.807) is 11.8 Å². The smallest absolute Gasteiger partial charge is 0.251 e. The van der Waals surface area contributed by atoms with E-state index in [1.165, 1.54) is 0 Å². The van der Waals surface area contributed by atoms with Crippen LogP contribution in [0.2, 0.25) is 0 Å². The quantitative estimate of drug-likeness (QED) is 0.680. The first-order valence-corrected chi connectivity index (χ1v) is 8.61. The van der Waals surface area contributed by atoms with Crippen molar-refractivity contribution in [2.75, 3.05) is 39.4 Å². The first kappa shape index (κ1) is 18.2. The van der Waals surface area contributed by atoms with Gasteiger partial charge < -0.3 is 25.4 Å². The zero-order valence-corrected chi connectivity index (χ0v) is 14.0. The van der Waals surface area contributed by atoms with E-state index >= 15 is 0 Å². The lowest BCUT2D eigenvalue weighted by atomic mass is 9.96. The molecule has 0 bridgehead atoms. The highest BCUT2D eigenvalue weighted by Crippen LogP contribution is 2.19. The average Bonchev–Trinajstić information content (AvgIpc) is 3.10. The summed E-state index contributed by atoms with van der Waals surface area (Å²) in [4.78, 5) is 26.3. The van der Waals surface area contributed by atoms with Gasteiger partial charge in [0.1, 0.15) is 6.10 Å². The van der Waals surface area contributed by atoms with Gasteiger partial charge in [0.2, 0.25) is 5.91 Å². The minimum absolute atomic E-state index is 0.0131. The number of hydrogen-bond acceptors (Lipinski definition) is 5. The van der Waals surface area contributed by atoms with Crippen LogP contribution in [0, 0.1) is 5.92 Å². The van der Waals surface area contributed by atoms with Gasteiger partial charge in [-0.3, -0.25) is 9.59 Å². The third kappa shape index (κ3) is 5.44. The van der Waals surface area contributed by atoms with Gasteiger partial charge in [0.15, 0.2) is 0 Å². The summed E-state index contributed by atoms with van der Waals surface area (Å²) in [5.41, 5.74) is 5.40. The van der Waals surface area contributed by atoms with E-state index in [9.17, 15) is 9.59 Å². The first-order valence-electron chi connectivity index (χ1n) is 8.61. The first-order chi connectivity index (χ1) is 11.1. The maximum absolute atomic E-state index is 12.5. The molecule has 0 aromatic rings. The molecule has 2 heterocycles. The number of hydrogen-bond donors (Lipinski definition) is 2. The predicted octanol–water partition coefficient (Wildman–Crippen LogP) is -0.116. The van der Waals surface area contributed by atoms with Crippen LogP contribution in [0.1, 0.15) is 32.6 Å². The highest BCUT2D eigenvalue weighted by Gasteiger charge is 2.31. The van der Waals surface area contributed by atoms with Gasteiger partial charge in [0, 0.05) is 32.8 Å². The molecule has 0 aromatic heterocycles. The number of carbonyl (C=O) groups excluding carboxylic acids is 2. The summed E-state index contributed by atoms with van der Waals surface area (Å²) < 4.78 is 11.2. The highest BCUT2D eigenvalue weighted by molar-refractivity contribution is 5.83. The van der Waals surface area contributed by atoms with Gasteiger partial charge in [-0.05, 0) is 32.6 Å². The fourth-order valence-corrected chi connectivity index (χ4v) is 3.09. The minimum atomic E-state index is -0.495. The molecule has 2 aliphatic heterocycles. The molecule has 7 heteroatoms. The molecular weight excluding hydrogens is 298 g/mol. The summed E-state index contributed by atoms with van der Waals surface area (Å²) >= 11 is 0. The lowest BCUT2D eigenvalue weighted by Gasteiger charge is -2.33. The van der Waals surface area contributed by atoms with Gasteiger partial charge in [0.25, 0.3) is 5.91 Å². The van der Waals surface area contributed by atoms with Crippen LogP contribution in [0.25, 0.3) is 0 Å². The molecule has 7 nitrogen and oxygen atoms in total. The van der Waals surface area contributed by atoms with Crippen molar-refractivity contribution in [1.82, 2.24) is 10.2 Å². The number of nitrogens with one attached hydrogen (secondary N) is 1. The van der Waals surface area contributed by atoms with Crippen molar-refractivity contribution >= 4 is 11.8 Å². The van der Waals surface area contributed by atoms with Gasteiger partial charge in [-0.25, -0.2) is 0 Å². The van der Waals surface area contributed by atoms with Crippen molar-refractivity contribution in [3.05, 3.63) is 0 Å². The summed E-state index contributed by atoms with van der Waals surface area (Å²) in [6, 6.07) is 0. The summed E-state index contributed by atoms with van der Waals surface area (Å²) in [5.74, 6) is -0.204. The minimum Gasteiger partial charge on any atom is -0.376 e. The Labute approximate surface area is 137 Å². The van der Waals surface area contributed by atoms with Gasteiger partial charge in [-0.2, -0.15) is 0 Å². The Morgan fingerprint density at radius 2 is 2.22 bits per heavy atom. The standard InChI is InChI=1S/C16H29N3O4/c1-12(23-11-14-5-3-9-22-14)16(21)19-8-2-4-13(10-19)15(20)18-7-6-17/h12-14H,2-11,17H2,1H3,(H,18,20). The van der Waals surface area contributed by atoms with E-state index in [1.807, 2.05) is 0 Å². The molecule has 3 atom stereocenters. The number of rotatable bonds is 7. The molecule has 0 saturated carbocycles. The number of likely N-dealkylation sites (tertiary alicyclic amines) is 1. The summed E-state index contributed by atoms with van der Waals surface area (Å²) in [7, 11) is 0. The van der Waals surface area contributed by atoms with Crippen molar-refractivity contribution in [3.8, 4) is 0 Å². The fourth-order valence-electron chi connectivity index (χ4n) is 3.09. The van der Waals surface area contributed by atoms with E-state index in [0.29, 0.717) is 32.8 Å². The van der Waals surface area contributed by atoms with E-state index in [-0.39, 0.29) is 23.8 Å². The molecule has 23 heavy (non-hydrogen) atoms. The second kappa shape index (κ2) is 9.20. The van der Waals surface area contributed by atoms with Gasteiger partial charge in [-0.15, -0.1) is 0 Å². The molecule has 2 amide bonds.